The van der Waals surface area contributed by atoms with Gasteiger partial charge in [-0.15, -0.1) is 0 Å². The minimum absolute atomic E-state index is 0.0272. The topological polar surface area (TPSA) is 92.6 Å². The Kier molecular flexibility index (Phi) is 5.89. The summed E-state index contributed by atoms with van der Waals surface area (Å²) in [5.74, 6) is -0.339. The van der Waals surface area contributed by atoms with Gasteiger partial charge in [0.25, 0.3) is 5.56 Å². The summed E-state index contributed by atoms with van der Waals surface area (Å²) in [5, 5.41) is 3.70. The zero-order chi connectivity index (χ0) is 21.5. The Labute approximate surface area is 184 Å². The van der Waals surface area contributed by atoms with E-state index in [1.165, 1.54) is 21.5 Å². The number of carbonyl (C=O) groups excluding carboxylic acids is 1. The smallest absolute Gasteiger partial charge is 0.287 e. The first-order valence-electron chi connectivity index (χ1n) is 9.63. The third kappa shape index (κ3) is 3.87. The molecule has 2 aromatic rings. The van der Waals surface area contributed by atoms with Crippen LogP contribution in [0.3, 0.4) is 0 Å². The maximum absolute atomic E-state index is 12.9. The third-order valence-electron chi connectivity index (χ3n) is 5.43. The number of anilines is 1. The second kappa shape index (κ2) is 8.30. The van der Waals surface area contributed by atoms with Gasteiger partial charge < -0.3 is 4.90 Å². The fraction of sp³-hybridized carbons (Fsp3) is 0.421. The van der Waals surface area contributed by atoms with Crippen molar-refractivity contribution in [3.05, 3.63) is 50.4 Å². The fourth-order valence-electron chi connectivity index (χ4n) is 3.82. The van der Waals surface area contributed by atoms with Crippen molar-refractivity contribution in [2.24, 2.45) is 0 Å². The van der Waals surface area contributed by atoms with Crippen molar-refractivity contribution in [1.29, 1.82) is 0 Å². The summed E-state index contributed by atoms with van der Waals surface area (Å²) in [6.07, 6.45) is 4.54. The molecule has 0 atom stereocenters. The molecule has 1 aromatic heterocycles. The highest BCUT2D eigenvalue weighted by Gasteiger charge is 2.30. The van der Waals surface area contributed by atoms with Crippen molar-refractivity contribution in [2.45, 2.75) is 37.1 Å². The number of nitrogens with zero attached hydrogens (tertiary/aromatic N) is 4. The summed E-state index contributed by atoms with van der Waals surface area (Å²) in [5.41, 5.74) is 0.793. The summed E-state index contributed by atoms with van der Waals surface area (Å²) in [6.45, 7) is 1.19. The third-order valence-corrected chi connectivity index (χ3v) is 8.07. The molecule has 0 spiro atoms. The fourth-order valence-corrected chi connectivity index (χ4v) is 5.66. The molecular weight excluding hydrogens is 451 g/mol. The van der Waals surface area contributed by atoms with Crippen LogP contribution in [0.2, 0.25) is 10.0 Å². The second-order valence-electron chi connectivity index (χ2n) is 7.32. The normalized spacial score (nSPS) is 17.2. The van der Waals surface area contributed by atoms with E-state index in [1.54, 1.807) is 12.1 Å². The van der Waals surface area contributed by atoms with Crippen LogP contribution >= 0.6 is 23.2 Å². The lowest BCUT2D eigenvalue weighted by Crippen LogP contribution is -2.36. The van der Waals surface area contributed by atoms with Gasteiger partial charge in [-0.2, -0.15) is 9.40 Å². The number of piperidine rings is 1. The largest absolute Gasteiger partial charge is 0.310 e. The number of rotatable bonds is 4. The molecule has 11 heteroatoms. The van der Waals surface area contributed by atoms with Crippen molar-refractivity contribution in [1.82, 2.24) is 14.1 Å². The first kappa shape index (κ1) is 21.3. The molecule has 1 fully saturated rings. The summed E-state index contributed by atoms with van der Waals surface area (Å²) >= 11 is 11.6. The van der Waals surface area contributed by atoms with Gasteiger partial charge in [0.2, 0.25) is 15.9 Å². The number of hydrogen-bond acceptors (Lipinski definition) is 5. The Morgan fingerprint density at radius 1 is 1.10 bits per heavy atom. The van der Waals surface area contributed by atoms with E-state index in [2.05, 4.69) is 5.10 Å². The number of aromatic nitrogens is 2. The Balaban J connectivity index is 1.56. The van der Waals surface area contributed by atoms with E-state index in [0.29, 0.717) is 31.7 Å². The lowest BCUT2D eigenvalue weighted by atomic mass is 10.2. The predicted molar refractivity (Wildman–Crippen MR) is 114 cm³/mol. The van der Waals surface area contributed by atoms with Gasteiger partial charge >= 0.3 is 0 Å². The number of benzene rings is 1. The Bertz CT molecular complexity index is 1160. The lowest BCUT2D eigenvalue weighted by Gasteiger charge is -2.26. The molecule has 0 N–H and O–H groups in total. The molecule has 0 unspecified atom stereocenters. The maximum Gasteiger partial charge on any atom is 0.287 e. The van der Waals surface area contributed by atoms with Crippen LogP contribution in [0.5, 0.6) is 0 Å². The van der Waals surface area contributed by atoms with Crippen LogP contribution in [0, 0.1) is 0 Å². The summed E-state index contributed by atoms with van der Waals surface area (Å²) in [7, 11) is -3.54. The highest BCUT2D eigenvalue weighted by Crippen LogP contribution is 2.32. The average molecular weight is 471 g/mol. The zero-order valence-electron chi connectivity index (χ0n) is 16.1. The molecule has 1 amide bonds. The van der Waals surface area contributed by atoms with Crippen LogP contribution in [-0.4, -0.2) is 48.0 Å². The molecule has 0 radical (unpaired) electrons. The van der Waals surface area contributed by atoms with Crippen LogP contribution in [0.15, 0.2) is 34.1 Å². The van der Waals surface area contributed by atoms with E-state index >= 15 is 0 Å². The van der Waals surface area contributed by atoms with Crippen LogP contribution in [-0.2, 0) is 27.8 Å². The molecule has 1 aromatic carbocycles. The van der Waals surface area contributed by atoms with Crippen LogP contribution in [0.4, 0.5) is 5.69 Å². The van der Waals surface area contributed by atoms with Gasteiger partial charge in [0, 0.05) is 25.3 Å². The molecule has 4 rings (SSSR count). The monoisotopic (exact) mass is 470 g/mol. The van der Waals surface area contributed by atoms with Crippen molar-refractivity contribution >= 4 is 44.8 Å². The van der Waals surface area contributed by atoms with Crippen molar-refractivity contribution < 1.29 is 13.2 Å². The van der Waals surface area contributed by atoms with Gasteiger partial charge in [-0.3, -0.25) is 9.59 Å². The maximum atomic E-state index is 12.9. The van der Waals surface area contributed by atoms with E-state index < -0.39 is 15.6 Å². The van der Waals surface area contributed by atoms with E-state index in [4.69, 9.17) is 23.2 Å². The molecule has 3 heterocycles. The molecule has 160 valence electrons. The first-order valence-corrected chi connectivity index (χ1v) is 11.8. The zero-order valence-corrected chi connectivity index (χ0v) is 18.4. The van der Waals surface area contributed by atoms with Gasteiger partial charge in [-0.25, -0.2) is 13.1 Å². The number of sulfonamides is 1. The van der Waals surface area contributed by atoms with Gasteiger partial charge in [-0.1, -0.05) is 29.6 Å². The van der Waals surface area contributed by atoms with Gasteiger partial charge in [0.1, 0.15) is 11.6 Å². The molecule has 30 heavy (non-hydrogen) atoms. The van der Waals surface area contributed by atoms with E-state index in [0.717, 1.165) is 29.5 Å². The van der Waals surface area contributed by atoms with Crippen LogP contribution < -0.4 is 10.5 Å². The van der Waals surface area contributed by atoms with E-state index in [-0.39, 0.29) is 27.4 Å². The van der Waals surface area contributed by atoms with E-state index in [9.17, 15) is 18.0 Å². The van der Waals surface area contributed by atoms with Crippen molar-refractivity contribution in [2.75, 3.05) is 24.5 Å². The SMILES string of the molecule is O=C(Cn1ncc(Cl)c(Cl)c1=O)N1CCc2cc(S(=O)(=O)N3CCCCC3)ccc21. The quantitative estimate of drug-likeness (QED) is 0.683. The molecular formula is C19H20Cl2N4O4S. The molecule has 2 aliphatic heterocycles. The molecule has 2 aliphatic rings. The number of hydrogen-bond donors (Lipinski definition) is 0. The van der Waals surface area contributed by atoms with Crippen molar-refractivity contribution in [3.63, 3.8) is 0 Å². The number of fused-ring (bicyclic) bond motifs is 1. The number of amides is 1. The van der Waals surface area contributed by atoms with Crippen LogP contribution in [0.25, 0.3) is 0 Å². The molecule has 0 aliphatic carbocycles. The molecule has 0 bridgehead atoms. The number of carbonyl (C=O) groups is 1. The van der Waals surface area contributed by atoms with Gasteiger partial charge in [0.05, 0.1) is 16.1 Å². The van der Waals surface area contributed by atoms with Crippen LogP contribution in [0.1, 0.15) is 24.8 Å². The summed E-state index contributed by atoms with van der Waals surface area (Å²) in [6, 6.07) is 4.84. The molecule has 1 saturated heterocycles. The van der Waals surface area contributed by atoms with Gasteiger partial charge in [0.15, 0.2) is 0 Å². The number of halogens is 2. The van der Waals surface area contributed by atoms with Crippen molar-refractivity contribution in [3.8, 4) is 0 Å². The first-order chi connectivity index (χ1) is 14.3. The average Bonchev–Trinajstić information content (AvgIpc) is 3.18. The lowest BCUT2D eigenvalue weighted by molar-refractivity contribution is -0.119. The summed E-state index contributed by atoms with van der Waals surface area (Å²) in [4.78, 5) is 26.7. The summed E-state index contributed by atoms with van der Waals surface area (Å²) < 4.78 is 28.3. The van der Waals surface area contributed by atoms with E-state index in [1.807, 2.05) is 0 Å². The second-order valence-corrected chi connectivity index (χ2v) is 10.0. The highest BCUT2D eigenvalue weighted by atomic mass is 35.5. The minimum atomic E-state index is -3.54. The van der Waals surface area contributed by atoms with Gasteiger partial charge in [-0.05, 0) is 43.0 Å². The standard InChI is InChI=1S/C19H20Cl2N4O4S/c20-15-11-22-25(19(27)18(15)21)12-17(26)24-9-6-13-10-14(4-5-16(13)24)30(28,29)23-7-2-1-3-8-23/h4-5,10-11H,1-3,6-9,12H2. The molecule has 8 nitrogen and oxygen atoms in total. The Morgan fingerprint density at radius 3 is 2.57 bits per heavy atom. The predicted octanol–water partition coefficient (Wildman–Crippen LogP) is 2.31. The minimum Gasteiger partial charge on any atom is -0.310 e. The molecule has 0 saturated carbocycles. The Hall–Kier alpha value is -1.94. The Morgan fingerprint density at radius 2 is 1.83 bits per heavy atom. The highest BCUT2D eigenvalue weighted by molar-refractivity contribution is 7.89.